The summed E-state index contributed by atoms with van der Waals surface area (Å²) < 4.78 is 0. The van der Waals surface area contributed by atoms with Gasteiger partial charge in [-0.05, 0) is 48.0 Å². The monoisotopic (exact) mass is 600 g/mol. The standard InChI is InChI=1S/C13H12N2O.C7H5ClO.C6H8N2.CH2O3.2K.H/c14-11-8-4-5-9-12(11)15-13(16)10-6-2-1-3-7-10;8-7(9)6-4-2-1-3-5-6;7-5-3-1-2-4-6(5)8;2-1-4-3;;;/h1-9H,14H2,(H,15,16);1-5H;1-4H,7-8H2;1,3H;;;/q;;;;2*+1;-1/p-1. The second-order valence-corrected chi connectivity index (χ2v) is 7.21. The molecular weight excluding hydrogens is 574 g/mol. The number of rotatable bonds is 4. The summed E-state index contributed by atoms with van der Waals surface area (Å²) >= 11 is 5.16. The molecular formula is C27H27ClK2N4O5. The minimum atomic E-state index is -0.407. The van der Waals surface area contributed by atoms with Crippen molar-refractivity contribution in [3.8, 4) is 0 Å². The van der Waals surface area contributed by atoms with Gasteiger partial charge in [-0.15, -0.1) is 0 Å². The van der Waals surface area contributed by atoms with Gasteiger partial charge in [0, 0.05) is 11.1 Å². The van der Waals surface area contributed by atoms with Crippen molar-refractivity contribution < 1.29 is 129 Å². The number of nitrogens with two attached hydrogens (primary N) is 3. The third-order valence-electron chi connectivity index (χ3n) is 4.28. The van der Waals surface area contributed by atoms with E-state index in [1.807, 2.05) is 48.5 Å². The van der Waals surface area contributed by atoms with Crippen LogP contribution in [0.15, 0.2) is 109 Å². The second-order valence-electron chi connectivity index (χ2n) is 6.87. The molecule has 4 rings (SSSR count). The fourth-order valence-electron chi connectivity index (χ4n) is 2.47. The Hall–Kier alpha value is -1.59. The maximum atomic E-state index is 11.8. The molecule has 0 fully saturated rings. The van der Waals surface area contributed by atoms with Gasteiger partial charge >= 0.3 is 103 Å². The molecule has 12 heteroatoms. The number of amides is 1. The number of hydrogen-bond donors (Lipinski definition) is 4. The number of para-hydroxylation sites is 4. The number of carbonyl (C=O) groups excluding carboxylic acids is 3. The Morgan fingerprint density at radius 2 is 1.05 bits per heavy atom. The van der Waals surface area contributed by atoms with E-state index in [0.717, 1.165) is 0 Å². The first-order chi connectivity index (χ1) is 17.8. The third kappa shape index (κ3) is 17.7. The van der Waals surface area contributed by atoms with Crippen molar-refractivity contribution in [1.29, 1.82) is 0 Å². The maximum Gasteiger partial charge on any atom is 1.00 e. The van der Waals surface area contributed by atoms with Crippen LogP contribution < -0.4 is 131 Å². The van der Waals surface area contributed by atoms with Gasteiger partial charge in [0.2, 0.25) is 0 Å². The summed E-state index contributed by atoms with van der Waals surface area (Å²) in [6.07, 6.45) is 0. The van der Waals surface area contributed by atoms with Crippen LogP contribution in [-0.4, -0.2) is 17.6 Å². The normalized spacial score (nSPS) is 8.46. The summed E-state index contributed by atoms with van der Waals surface area (Å²) in [7, 11) is 0. The topological polar surface area (TPSA) is 174 Å². The molecule has 4 aromatic rings. The Morgan fingerprint density at radius 3 is 1.38 bits per heavy atom. The second kappa shape index (κ2) is 24.2. The Balaban J connectivity index is -0.000000493. The zero-order valence-corrected chi connectivity index (χ0v) is 28.6. The number of halogens is 1. The van der Waals surface area contributed by atoms with Gasteiger partial charge < -0.3 is 34.1 Å². The van der Waals surface area contributed by atoms with E-state index in [4.69, 9.17) is 38.9 Å². The molecule has 0 bridgehead atoms. The van der Waals surface area contributed by atoms with Gasteiger partial charge in [0.25, 0.3) is 17.6 Å². The number of benzene rings is 4. The molecule has 9 nitrogen and oxygen atoms in total. The fraction of sp³-hybridized carbons (Fsp3) is 0. The molecule has 1 amide bonds. The van der Waals surface area contributed by atoms with Crippen molar-refractivity contribution in [1.82, 2.24) is 0 Å². The molecule has 0 aliphatic heterocycles. The molecule has 39 heavy (non-hydrogen) atoms. The molecule has 194 valence electrons. The van der Waals surface area contributed by atoms with Crippen LogP contribution in [0.4, 0.5) is 22.7 Å². The summed E-state index contributed by atoms with van der Waals surface area (Å²) in [6, 6.07) is 32.2. The Bertz CT molecular complexity index is 1240. The SMILES string of the molecule is Nc1ccccc1N.Nc1ccccc1NC(=O)c1ccccc1.O=C(Cl)c1ccccc1.O=CO[O-].[H-].[K+].[K+]. The summed E-state index contributed by atoms with van der Waals surface area (Å²) in [5.74, 6) is -0.154. The van der Waals surface area contributed by atoms with E-state index in [0.29, 0.717) is 33.9 Å². The first-order valence-corrected chi connectivity index (χ1v) is 11.0. The predicted octanol–water partition coefficient (Wildman–Crippen LogP) is -2.01. The number of nitrogens with one attached hydrogen (secondary N) is 1. The van der Waals surface area contributed by atoms with Crippen molar-refractivity contribution in [2.75, 3.05) is 22.5 Å². The summed E-state index contributed by atoms with van der Waals surface area (Å²) in [5.41, 5.74) is 20.2. The fourth-order valence-corrected chi connectivity index (χ4v) is 2.60. The van der Waals surface area contributed by atoms with Crippen LogP contribution in [0.25, 0.3) is 0 Å². The van der Waals surface area contributed by atoms with Gasteiger partial charge in [-0.3, -0.25) is 14.4 Å². The van der Waals surface area contributed by atoms with E-state index in [2.05, 4.69) is 10.2 Å². The van der Waals surface area contributed by atoms with Crippen molar-refractivity contribution >= 4 is 52.0 Å². The van der Waals surface area contributed by atoms with Gasteiger partial charge in [0.1, 0.15) is 0 Å². The predicted molar refractivity (Wildman–Crippen MR) is 145 cm³/mol. The zero-order valence-electron chi connectivity index (χ0n) is 22.6. The largest absolute Gasteiger partial charge is 1.00 e. The summed E-state index contributed by atoms with van der Waals surface area (Å²) in [6.45, 7) is -0.181. The van der Waals surface area contributed by atoms with Crippen LogP contribution >= 0.6 is 11.6 Å². The molecule has 0 spiro atoms. The van der Waals surface area contributed by atoms with Gasteiger partial charge in [0.15, 0.2) is 0 Å². The van der Waals surface area contributed by atoms with Gasteiger partial charge in [-0.2, -0.15) is 0 Å². The van der Waals surface area contributed by atoms with Crippen molar-refractivity contribution in [3.63, 3.8) is 0 Å². The third-order valence-corrected chi connectivity index (χ3v) is 4.50. The van der Waals surface area contributed by atoms with Crippen molar-refractivity contribution in [2.45, 2.75) is 0 Å². The van der Waals surface area contributed by atoms with Crippen LogP contribution in [0.1, 0.15) is 22.1 Å². The molecule has 0 aliphatic carbocycles. The minimum Gasteiger partial charge on any atom is -1.00 e. The number of hydrogen-bond acceptors (Lipinski definition) is 8. The van der Waals surface area contributed by atoms with E-state index in [1.165, 1.54) is 0 Å². The van der Waals surface area contributed by atoms with E-state index in [-0.39, 0.29) is 117 Å². The Labute approximate surface area is 318 Å². The van der Waals surface area contributed by atoms with Crippen molar-refractivity contribution in [2.24, 2.45) is 0 Å². The Morgan fingerprint density at radius 1 is 0.692 bits per heavy atom. The summed E-state index contributed by atoms with van der Waals surface area (Å²) in [5, 5.41) is 10.8. The average molecular weight is 601 g/mol. The first-order valence-electron chi connectivity index (χ1n) is 10.6. The molecule has 0 radical (unpaired) electrons. The van der Waals surface area contributed by atoms with Crippen LogP contribution in [0.2, 0.25) is 0 Å². The van der Waals surface area contributed by atoms with Gasteiger partial charge in [-0.25, -0.2) is 0 Å². The quantitative estimate of drug-likeness (QED) is 0.0519. The van der Waals surface area contributed by atoms with Crippen LogP contribution in [0, 0.1) is 0 Å². The molecule has 0 aliphatic rings. The van der Waals surface area contributed by atoms with Crippen LogP contribution in [0.5, 0.6) is 0 Å². The number of carbonyl (C=O) groups is 3. The van der Waals surface area contributed by atoms with E-state index >= 15 is 0 Å². The number of anilines is 4. The van der Waals surface area contributed by atoms with Crippen LogP contribution in [0.3, 0.4) is 0 Å². The zero-order chi connectivity index (χ0) is 27.5. The van der Waals surface area contributed by atoms with Gasteiger partial charge in [-0.1, -0.05) is 72.8 Å². The molecule has 0 atom stereocenters. The summed E-state index contributed by atoms with van der Waals surface area (Å²) in [4.78, 5) is 33.5. The smallest absolute Gasteiger partial charge is 1.00 e. The Kier molecular flexibility index (Phi) is 24.6. The minimum absolute atomic E-state index is 0. The average Bonchev–Trinajstić information content (AvgIpc) is 2.93. The molecule has 0 saturated heterocycles. The van der Waals surface area contributed by atoms with E-state index in [1.54, 1.807) is 60.7 Å². The molecule has 7 N–H and O–H groups in total. The molecule has 0 unspecified atom stereocenters. The van der Waals surface area contributed by atoms with Crippen molar-refractivity contribution in [3.05, 3.63) is 120 Å². The first kappa shape index (κ1) is 39.6. The van der Waals surface area contributed by atoms with Gasteiger partial charge in [0.05, 0.1) is 22.7 Å². The molecule has 0 heterocycles. The van der Waals surface area contributed by atoms with Crippen LogP contribution in [-0.2, 0) is 9.68 Å². The maximum absolute atomic E-state index is 11.8. The number of nitrogen functional groups attached to an aromatic ring is 3. The van der Waals surface area contributed by atoms with E-state index < -0.39 is 5.24 Å². The molecule has 0 aromatic heterocycles. The molecule has 4 aromatic carbocycles. The molecule has 0 saturated carbocycles. The van der Waals surface area contributed by atoms with E-state index in [9.17, 15) is 9.59 Å².